The normalized spacial score (nSPS) is 27.6. The van der Waals surface area contributed by atoms with E-state index in [0.717, 1.165) is 39.0 Å². The Kier molecular flexibility index (Phi) is 5.59. The fraction of sp³-hybridized carbons (Fsp3) is 0.833. The highest BCUT2D eigenvalue weighted by Gasteiger charge is 2.39. The van der Waals surface area contributed by atoms with Gasteiger partial charge in [0.2, 0.25) is 0 Å². The Morgan fingerprint density at radius 1 is 1.26 bits per heavy atom. The second kappa shape index (κ2) is 7.67. The number of hydrogen-bond acceptors (Lipinski definition) is 4. The van der Waals surface area contributed by atoms with E-state index in [1.54, 1.807) is 0 Å². The number of carbonyl (C=O) groups excluding carboxylic acids is 1. The largest absolute Gasteiger partial charge is 0.448 e. The molecule has 0 bridgehead atoms. The lowest BCUT2D eigenvalue weighted by Crippen LogP contribution is -2.42. The molecule has 0 aromatic heterocycles. The van der Waals surface area contributed by atoms with Gasteiger partial charge in [-0.05, 0) is 58.4 Å². The zero-order valence-electron chi connectivity index (χ0n) is 14.7. The highest BCUT2D eigenvalue weighted by Crippen LogP contribution is 2.40. The number of likely N-dealkylation sites (tertiary alicyclic amines) is 1. The second-order valence-electron chi connectivity index (χ2n) is 7.43. The number of nitrogens with zero attached hydrogens (tertiary/aromatic N) is 3. The van der Waals surface area contributed by atoms with Crippen molar-refractivity contribution in [3.05, 3.63) is 11.8 Å². The molecule has 1 saturated heterocycles. The third-order valence-electron chi connectivity index (χ3n) is 5.51. The van der Waals surface area contributed by atoms with Crippen molar-refractivity contribution in [3.8, 4) is 0 Å². The van der Waals surface area contributed by atoms with Crippen LogP contribution in [0.4, 0.5) is 4.79 Å². The molecular formula is C18H31N3O2. The molecule has 0 radical (unpaired) electrons. The maximum absolute atomic E-state index is 12.5. The fourth-order valence-corrected chi connectivity index (χ4v) is 3.98. The first-order valence-electron chi connectivity index (χ1n) is 9.18. The van der Waals surface area contributed by atoms with E-state index in [1.807, 2.05) is 4.90 Å². The molecule has 2 aliphatic heterocycles. The van der Waals surface area contributed by atoms with Crippen LogP contribution in [0.3, 0.4) is 0 Å². The van der Waals surface area contributed by atoms with Crippen LogP contribution in [-0.2, 0) is 4.74 Å². The number of amides is 1. The summed E-state index contributed by atoms with van der Waals surface area (Å²) in [6.45, 7) is 4.76. The molecule has 2 fully saturated rings. The van der Waals surface area contributed by atoms with Crippen LogP contribution >= 0.6 is 0 Å². The van der Waals surface area contributed by atoms with E-state index in [2.05, 4.69) is 30.1 Å². The maximum atomic E-state index is 12.5. The first-order valence-corrected chi connectivity index (χ1v) is 9.18. The molecule has 5 nitrogen and oxygen atoms in total. The van der Waals surface area contributed by atoms with Gasteiger partial charge in [-0.1, -0.05) is 12.8 Å². The average molecular weight is 321 g/mol. The molecule has 0 aromatic carbocycles. The Hall–Kier alpha value is -1.07. The Balaban J connectivity index is 1.55. The molecule has 0 spiro atoms. The maximum Gasteiger partial charge on any atom is 0.414 e. The van der Waals surface area contributed by atoms with E-state index >= 15 is 0 Å². The molecule has 2 heterocycles. The van der Waals surface area contributed by atoms with Crippen molar-refractivity contribution in [2.45, 2.75) is 44.6 Å². The van der Waals surface area contributed by atoms with Gasteiger partial charge in [-0.2, -0.15) is 0 Å². The lowest BCUT2D eigenvalue weighted by atomic mass is 9.81. The Labute approximate surface area is 140 Å². The minimum absolute atomic E-state index is 0.137. The fourth-order valence-electron chi connectivity index (χ4n) is 3.98. The molecule has 3 aliphatic rings. The molecular weight excluding hydrogens is 290 g/mol. The van der Waals surface area contributed by atoms with Crippen molar-refractivity contribution in [1.29, 1.82) is 0 Å². The summed E-state index contributed by atoms with van der Waals surface area (Å²) in [4.78, 5) is 19.0. The lowest BCUT2D eigenvalue weighted by molar-refractivity contribution is 0.0749. The molecule has 2 atom stereocenters. The van der Waals surface area contributed by atoms with E-state index in [9.17, 15) is 4.79 Å². The van der Waals surface area contributed by atoms with Gasteiger partial charge in [-0.15, -0.1) is 0 Å². The van der Waals surface area contributed by atoms with Crippen LogP contribution in [-0.4, -0.2) is 73.7 Å². The summed E-state index contributed by atoms with van der Waals surface area (Å²) in [6, 6.07) is 0.345. The molecule has 0 N–H and O–H groups in total. The minimum atomic E-state index is -0.137. The molecule has 0 aromatic rings. The van der Waals surface area contributed by atoms with Gasteiger partial charge in [0.15, 0.2) is 0 Å². The number of rotatable bonds is 6. The van der Waals surface area contributed by atoms with E-state index in [-0.39, 0.29) is 6.09 Å². The molecule has 23 heavy (non-hydrogen) atoms. The predicted molar refractivity (Wildman–Crippen MR) is 91.2 cm³/mol. The zero-order chi connectivity index (χ0) is 16.2. The van der Waals surface area contributed by atoms with Crippen molar-refractivity contribution in [2.75, 3.05) is 46.9 Å². The van der Waals surface area contributed by atoms with Gasteiger partial charge in [-0.25, -0.2) is 4.79 Å². The number of ether oxygens (including phenoxy) is 1. The van der Waals surface area contributed by atoms with Crippen molar-refractivity contribution in [2.24, 2.45) is 5.92 Å². The van der Waals surface area contributed by atoms with Crippen molar-refractivity contribution < 1.29 is 9.53 Å². The van der Waals surface area contributed by atoms with Gasteiger partial charge in [0.1, 0.15) is 6.61 Å². The molecule has 5 heteroatoms. The van der Waals surface area contributed by atoms with Crippen molar-refractivity contribution >= 4 is 6.09 Å². The summed E-state index contributed by atoms with van der Waals surface area (Å²) in [6.07, 6.45) is 9.17. The van der Waals surface area contributed by atoms with Crippen molar-refractivity contribution in [3.63, 3.8) is 0 Å². The van der Waals surface area contributed by atoms with Gasteiger partial charge in [0.25, 0.3) is 0 Å². The Bertz CT molecular complexity index is 446. The SMILES string of the molecule is CN(C)CCC1=CN(C(=O)OCCN2CCC2)C2CCCCC12. The molecule has 1 saturated carbocycles. The van der Waals surface area contributed by atoms with Gasteiger partial charge in [-0.3, -0.25) is 9.80 Å². The quantitative estimate of drug-likeness (QED) is 0.753. The minimum Gasteiger partial charge on any atom is -0.448 e. The van der Waals surface area contributed by atoms with E-state index in [4.69, 9.17) is 4.74 Å². The number of fused-ring (bicyclic) bond motifs is 1. The van der Waals surface area contributed by atoms with E-state index < -0.39 is 0 Å². The van der Waals surface area contributed by atoms with Gasteiger partial charge in [0.05, 0.1) is 0 Å². The van der Waals surface area contributed by atoms with Crippen LogP contribution in [0.2, 0.25) is 0 Å². The highest BCUT2D eigenvalue weighted by molar-refractivity contribution is 5.70. The third-order valence-corrected chi connectivity index (χ3v) is 5.51. The molecule has 1 aliphatic carbocycles. The average Bonchev–Trinajstić information content (AvgIpc) is 2.86. The Morgan fingerprint density at radius 3 is 2.74 bits per heavy atom. The molecule has 3 rings (SSSR count). The van der Waals surface area contributed by atoms with E-state index in [0.29, 0.717) is 18.6 Å². The van der Waals surface area contributed by atoms with Crippen molar-refractivity contribution in [1.82, 2.24) is 14.7 Å². The Morgan fingerprint density at radius 2 is 2.04 bits per heavy atom. The number of carbonyl (C=O) groups is 1. The smallest absolute Gasteiger partial charge is 0.414 e. The van der Waals surface area contributed by atoms with Crippen LogP contribution in [0.1, 0.15) is 38.5 Å². The number of hydrogen-bond donors (Lipinski definition) is 0. The zero-order valence-corrected chi connectivity index (χ0v) is 14.7. The molecule has 130 valence electrons. The van der Waals surface area contributed by atoms with Crippen LogP contribution < -0.4 is 0 Å². The molecule has 1 amide bonds. The first-order chi connectivity index (χ1) is 11.1. The lowest BCUT2D eigenvalue weighted by Gasteiger charge is -2.33. The summed E-state index contributed by atoms with van der Waals surface area (Å²) in [7, 11) is 4.21. The van der Waals surface area contributed by atoms with Gasteiger partial charge in [0, 0.05) is 31.2 Å². The monoisotopic (exact) mass is 321 g/mol. The second-order valence-corrected chi connectivity index (χ2v) is 7.43. The summed E-state index contributed by atoms with van der Waals surface area (Å²) >= 11 is 0. The predicted octanol–water partition coefficient (Wildman–Crippen LogP) is 2.54. The summed E-state index contributed by atoms with van der Waals surface area (Å²) in [5.74, 6) is 0.562. The van der Waals surface area contributed by atoms with Crippen LogP contribution in [0.25, 0.3) is 0 Å². The van der Waals surface area contributed by atoms with Crippen LogP contribution in [0.5, 0.6) is 0 Å². The summed E-state index contributed by atoms with van der Waals surface area (Å²) in [5, 5.41) is 0. The summed E-state index contributed by atoms with van der Waals surface area (Å²) in [5.41, 5.74) is 1.45. The van der Waals surface area contributed by atoms with E-state index in [1.165, 1.54) is 31.3 Å². The standard InChI is InChI=1S/C18H31N3O2/c1-19(2)11-8-15-14-21(17-7-4-3-6-16(15)17)18(22)23-13-12-20-9-5-10-20/h14,16-17H,3-13H2,1-2H3. The molecule has 2 unspecified atom stereocenters. The van der Waals surface area contributed by atoms with Crippen LogP contribution in [0.15, 0.2) is 11.8 Å². The first kappa shape index (κ1) is 16.8. The topological polar surface area (TPSA) is 36.0 Å². The summed E-state index contributed by atoms with van der Waals surface area (Å²) < 4.78 is 5.55. The highest BCUT2D eigenvalue weighted by atomic mass is 16.6. The van der Waals surface area contributed by atoms with Gasteiger partial charge < -0.3 is 9.64 Å². The van der Waals surface area contributed by atoms with Crippen LogP contribution in [0, 0.1) is 5.92 Å². The third kappa shape index (κ3) is 4.07. The van der Waals surface area contributed by atoms with Gasteiger partial charge >= 0.3 is 6.09 Å².